The molecule has 0 saturated heterocycles. The summed E-state index contributed by atoms with van der Waals surface area (Å²) in [6, 6.07) is 10.2. The van der Waals surface area contributed by atoms with E-state index in [0.717, 1.165) is 0 Å². The van der Waals surface area contributed by atoms with Crippen molar-refractivity contribution in [2.75, 3.05) is 5.32 Å². The van der Waals surface area contributed by atoms with Gasteiger partial charge in [-0.1, -0.05) is 12.1 Å². The predicted octanol–water partition coefficient (Wildman–Crippen LogP) is 3.38. The summed E-state index contributed by atoms with van der Waals surface area (Å²) in [5.74, 6) is -0.451. The van der Waals surface area contributed by atoms with Crippen molar-refractivity contribution < 1.29 is 13.9 Å². The minimum atomic E-state index is -0.460. The smallest absolute Gasteiger partial charge is 0.216 e. The number of hydrogen-bond acceptors (Lipinski definition) is 4. The molecule has 0 amide bonds. The summed E-state index contributed by atoms with van der Waals surface area (Å²) in [5.41, 5.74) is 0.273. The average Bonchev–Trinajstić information content (AvgIpc) is 2.44. The van der Waals surface area contributed by atoms with Crippen LogP contribution in [0.4, 0.5) is 15.8 Å². The topological polar surface area (TPSA) is 62.5 Å². The third kappa shape index (κ3) is 2.09. The van der Waals surface area contributed by atoms with Gasteiger partial charge in [0.25, 0.3) is 0 Å². The number of benzene rings is 2. The van der Waals surface area contributed by atoms with Gasteiger partial charge in [0.1, 0.15) is 29.1 Å². The number of rotatable bonds is 2. The minimum Gasteiger partial charge on any atom is -0.508 e. The molecule has 0 aliphatic heterocycles. The van der Waals surface area contributed by atoms with Crippen molar-refractivity contribution in [2.45, 2.75) is 0 Å². The van der Waals surface area contributed by atoms with Gasteiger partial charge in [0, 0.05) is 6.07 Å². The first-order chi connectivity index (χ1) is 9.65. The molecule has 2 N–H and O–H groups in total. The standard InChI is InChI=1S/C15H10FNO3/c16-11-3-1-2-4-12(11)17-13-8-20-14-7-9(18)5-6-10(14)15(13)19/h1-8,17-18H. The molecule has 0 unspecified atom stereocenters. The van der Waals surface area contributed by atoms with Gasteiger partial charge < -0.3 is 14.8 Å². The Kier molecular flexibility index (Phi) is 2.87. The van der Waals surface area contributed by atoms with E-state index in [1.807, 2.05) is 0 Å². The van der Waals surface area contributed by atoms with Crippen LogP contribution in [0.3, 0.4) is 0 Å². The summed E-state index contributed by atoms with van der Waals surface area (Å²) in [6.07, 6.45) is 1.20. The predicted molar refractivity (Wildman–Crippen MR) is 73.8 cm³/mol. The molecule has 3 aromatic rings. The molecule has 0 saturated carbocycles. The molecule has 1 heterocycles. The van der Waals surface area contributed by atoms with Gasteiger partial charge in [0.15, 0.2) is 0 Å². The molecule has 0 bridgehead atoms. The molecule has 0 spiro atoms. The van der Waals surface area contributed by atoms with Crippen LogP contribution in [0.2, 0.25) is 0 Å². The fraction of sp³-hybridized carbons (Fsp3) is 0. The monoisotopic (exact) mass is 271 g/mol. The fourth-order valence-corrected chi connectivity index (χ4v) is 1.91. The van der Waals surface area contributed by atoms with Gasteiger partial charge in [-0.25, -0.2) is 4.39 Å². The number of hydrogen-bond donors (Lipinski definition) is 2. The van der Waals surface area contributed by atoms with Crippen LogP contribution in [0.1, 0.15) is 0 Å². The van der Waals surface area contributed by atoms with Crippen LogP contribution >= 0.6 is 0 Å². The van der Waals surface area contributed by atoms with Crippen molar-refractivity contribution in [1.82, 2.24) is 0 Å². The van der Waals surface area contributed by atoms with Crippen LogP contribution < -0.4 is 10.7 Å². The van der Waals surface area contributed by atoms with Crippen LogP contribution in [0, 0.1) is 5.82 Å². The highest BCUT2D eigenvalue weighted by Gasteiger charge is 2.09. The molecule has 5 heteroatoms. The second kappa shape index (κ2) is 4.70. The molecule has 1 aromatic heterocycles. The summed E-state index contributed by atoms with van der Waals surface area (Å²) in [7, 11) is 0. The van der Waals surface area contributed by atoms with Crippen molar-refractivity contribution in [3.05, 3.63) is 64.8 Å². The van der Waals surface area contributed by atoms with Gasteiger partial charge in [-0.3, -0.25) is 4.79 Å². The Labute approximate surface area is 113 Å². The lowest BCUT2D eigenvalue weighted by Crippen LogP contribution is -2.08. The van der Waals surface area contributed by atoms with Crippen molar-refractivity contribution in [3.8, 4) is 5.75 Å². The summed E-state index contributed by atoms with van der Waals surface area (Å²) >= 11 is 0. The first-order valence-corrected chi connectivity index (χ1v) is 5.91. The number of anilines is 2. The zero-order valence-electron chi connectivity index (χ0n) is 10.3. The molecular formula is C15H10FNO3. The normalized spacial score (nSPS) is 10.7. The molecule has 0 aliphatic carbocycles. The molecule has 100 valence electrons. The number of halogens is 1. The van der Waals surface area contributed by atoms with Gasteiger partial charge in [-0.15, -0.1) is 0 Å². The van der Waals surface area contributed by atoms with Crippen LogP contribution in [-0.4, -0.2) is 5.11 Å². The maximum absolute atomic E-state index is 13.5. The summed E-state index contributed by atoms with van der Waals surface area (Å²) in [5, 5.41) is 12.3. The molecule has 0 radical (unpaired) electrons. The van der Waals surface area contributed by atoms with Crippen LogP contribution in [0.5, 0.6) is 5.75 Å². The van der Waals surface area contributed by atoms with Crippen LogP contribution in [-0.2, 0) is 0 Å². The minimum absolute atomic E-state index is 0.00969. The quantitative estimate of drug-likeness (QED) is 0.750. The summed E-state index contributed by atoms with van der Waals surface area (Å²) in [6.45, 7) is 0. The first-order valence-electron chi connectivity index (χ1n) is 5.91. The third-order valence-corrected chi connectivity index (χ3v) is 2.90. The van der Waals surface area contributed by atoms with E-state index in [1.165, 1.54) is 36.6 Å². The van der Waals surface area contributed by atoms with Crippen molar-refractivity contribution >= 4 is 22.3 Å². The lowest BCUT2D eigenvalue weighted by molar-refractivity contribution is 0.474. The lowest BCUT2D eigenvalue weighted by atomic mass is 10.2. The Morgan fingerprint density at radius 1 is 1.10 bits per heavy atom. The van der Waals surface area contributed by atoms with Gasteiger partial charge in [0.2, 0.25) is 5.43 Å². The van der Waals surface area contributed by atoms with Gasteiger partial charge in [-0.05, 0) is 24.3 Å². The SMILES string of the molecule is O=c1c(Nc2ccccc2F)coc2cc(O)ccc12. The number of phenols is 1. The summed E-state index contributed by atoms with van der Waals surface area (Å²) < 4.78 is 18.8. The van der Waals surface area contributed by atoms with Crippen molar-refractivity contribution in [1.29, 1.82) is 0 Å². The molecular weight excluding hydrogens is 261 g/mol. The van der Waals surface area contributed by atoms with Crippen molar-refractivity contribution in [3.63, 3.8) is 0 Å². The Balaban J connectivity index is 2.09. The highest BCUT2D eigenvalue weighted by molar-refractivity contribution is 5.81. The lowest BCUT2D eigenvalue weighted by Gasteiger charge is -2.07. The number of nitrogens with one attached hydrogen (secondary N) is 1. The van der Waals surface area contributed by atoms with Gasteiger partial charge >= 0.3 is 0 Å². The molecule has 4 nitrogen and oxygen atoms in total. The Hall–Kier alpha value is -2.82. The number of phenolic OH excluding ortho intramolecular Hbond substituents is 1. The zero-order valence-corrected chi connectivity index (χ0v) is 10.3. The van der Waals surface area contributed by atoms with E-state index in [-0.39, 0.29) is 28.1 Å². The summed E-state index contributed by atoms with van der Waals surface area (Å²) in [4.78, 5) is 12.2. The van der Waals surface area contributed by atoms with E-state index in [2.05, 4.69) is 5.32 Å². The Bertz CT molecular complexity index is 842. The van der Waals surface area contributed by atoms with Gasteiger partial charge in [0.05, 0.1) is 11.1 Å². The van der Waals surface area contributed by atoms with Crippen LogP contribution in [0.15, 0.2) is 57.9 Å². The number of fused-ring (bicyclic) bond motifs is 1. The van der Waals surface area contributed by atoms with Crippen molar-refractivity contribution in [2.24, 2.45) is 0 Å². The van der Waals surface area contributed by atoms with Gasteiger partial charge in [-0.2, -0.15) is 0 Å². The van der Waals surface area contributed by atoms with E-state index in [1.54, 1.807) is 12.1 Å². The average molecular weight is 271 g/mol. The third-order valence-electron chi connectivity index (χ3n) is 2.90. The van der Waals surface area contributed by atoms with E-state index in [0.29, 0.717) is 5.39 Å². The van der Waals surface area contributed by atoms with E-state index in [4.69, 9.17) is 4.42 Å². The van der Waals surface area contributed by atoms with E-state index in [9.17, 15) is 14.3 Å². The maximum atomic E-state index is 13.5. The second-order valence-corrected chi connectivity index (χ2v) is 4.26. The zero-order chi connectivity index (χ0) is 14.1. The largest absolute Gasteiger partial charge is 0.508 e. The molecule has 2 aromatic carbocycles. The molecule has 0 aliphatic rings. The number of para-hydroxylation sites is 1. The number of aromatic hydroxyl groups is 1. The molecule has 0 atom stereocenters. The van der Waals surface area contributed by atoms with Crippen LogP contribution in [0.25, 0.3) is 11.0 Å². The fourth-order valence-electron chi connectivity index (χ4n) is 1.91. The Morgan fingerprint density at radius 2 is 1.90 bits per heavy atom. The Morgan fingerprint density at radius 3 is 2.70 bits per heavy atom. The maximum Gasteiger partial charge on any atom is 0.216 e. The molecule has 3 rings (SSSR count). The molecule has 0 fully saturated rings. The van der Waals surface area contributed by atoms with E-state index >= 15 is 0 Å². The highest BCUT2D eigenvalue weighted by Crippen LogP contribution is 2.22. The first kappa shape index (κ1) is 12.2. The second-order valence-electron chi connectivity index (χ2n) is 4.26. The highest BCUT2D eigenvalue weighted by atomic mass is 19.1. The van der Waals surface area contributed by atoms with E-state index < -0.39 is 5.82 Å². The molecule has 20 heavy (non-hydrogen) atoms.